The van der Waals surface area contributed by atoms with Crippen LogP contribution in [-0.2, 0) is 9.59 Å². The van der Waals surface area contributed by atoms with Gasteiger partial charge < -0.3 is 0 Å². The summed E-state index contributed by atoms with van der Waals surface area (Å²) in [6.07, 6.45) is 1.97. The van der Waals surface area contributed by atoms with Gasteiger partial charge in [-0.1, -0.05) is 13.8 Å². The predicted octanol–water partition coefficient (Wildman–Crippen LogP) is 2.18. The molecule has 0 fully saturated rings. The summed E-state index contributed by atoms with van der Waals surface area (Å²) in [5.74, 6) is 0.364. The molecule has 0 rings (SSSR count). The molecule has 0 spiro atoms. The molecule has 90 valence electrons. The van der Waals surface area contributed by atoms with E-state index in [0.29, 0.717) is 25.7 Å². The molecule has 0 atom stereocenters. The van der Waals surface area contributed by atoms with Crippen LogP contribution in [0, 0.1) is 0 Å². The summed E-state index contributed by atoms with van der Waals surface area (Å²) in [6.45, 7) is 3.64. The molecular weight excluding hydrogens is 256 g/mol. The summed E-state index contributed by atoms with van der Waals surface area (Å²) in [6, 6.07) is 0. The van der Waals surface area contributed by atoms with Crippen LogP contribution in [0.5, 0.6) is 0 Å². The molecule has 0 radical (unpaired) electrons. The van der Waals surface area contributed by atoms with E-state index >= 15 is 0 Å². The normalized spacial score (nSPS) is 6.71. The Kier molecular flexibility index (Phi) is 40.5. The van der Waals surface area contributed by atoms with Crippen molar-refractivity contribution < 1.29 is 9.59 Å². The van der Waals surface area contributed by atoms with Crippen LogP contribution in [0.15, 0.2) is 0 Å². The van der Waals surface area contributed by atoms with Gasteiger partial charge in [-0.15, -0.1) is 0 Å². The lowest BCUT2D eigenvalue weighted by Gasteiger charge is -1.94. The van der Waals surface area contributed by atoms with Gasteiger partial charge in [0, 0.05) is 25.7 Å². The average Bonchev–Trinajstić information content (AvgIpc) is 1.99. The molecule has 0 N–H and O–H groups in total. The van der Waals surface area contributed by atoms with E-state index in [1.54, 1.807) is 0 Å². The van der Waals surface area contributed by atoms with Gasteiger partial charge in [0.25, 0.3) is 0 Å². The number of carbonyl (C=O) groups is 2. The van der Waals surface area contributed by atoms with Gasteiger partial charge in [-0.25, -0.2) is 0 Å². The summed E-state index contributed by atoms with van der Waals surface area (Å²) < 4.78 is 0. The van der Waals surface area contributed by atoms with Crippen molar-refractivity contribution in [3.63, 3.8) is 0 Å². The lowest BCUT2D eigenvalue weighted by molar-refractivity contribution is -0.123. The zero-order valence-electron chi connectivity index (χ0n) is 8.64. The van der Waals surface area contributed by atoms with E-state index in [4.69, 9.17) is 0 Å². The van der Waals surface area contributed by atoms with Gasteiger partial charge in [0.05, 0.1) is 0 Å². The second kappa shape index (κ2) is 19.3. The molecule has 0 aliphatic rings. The lowest BCUT2D eigenvalue weighted by Crippen LogP contribution is -2.01. The Balaban J connectivity index is -0.0000000675. The van der Waals surface area contributed by atoms with Crippen LogP contribution in [0.2, 0.25) is 0 Å². The highest BCUT2D eigenvalue weighted by atomic mass is 32.1. The minimum Gasteiger partial charge on any atom is -0.300 e. The summed E-state index contributed by atoms with van der Waals surface area (Å²) in [7, 11) is 0. The molecule has 0 aromatic carbocycles. The van der Waals surface area contributed by atoms with E-state index < -0.39 is 0 Å². The van der Waals surface area contributed by atoms with Crippen molar-refractivity contribution in [2.75, 3.05) is 0 Å². The Hall–Kier alpha value is 0.740. The van der Waals surface area contributed by atoms with Gasteiger partial charge in [0.1, 0.15) is 11.6 Å². The van der Waals surface area contributed by atoms with Crippen LogP contribution in [0.25, 0.3) is 0 Å². The Labute approximate surface area is 114 Å². The summed E-state index contributed by atoms with van der Waals surface area (Å²) in [5.41, 5.74) is 0. The van der Waals surface area contributed by atoms with Crippen LogP contribution in [0.4, 0.5) is 0 Å². The minimum absolute atomic E-state index is 0. The number of rotatable bonds is 5. The molecule has 14 heavy (non-hydrogen) atoms. The standard InChI is InChI=1S/C8H14O2.4H2S/c1-3-7(9)5-6-8(10)4-2;;;;/h3-6H2,1-2H3;4*1H2. The highest BCUT2D eigenvalue weighted by Crippen LogP contribution is 1.97. The van der Waals surface area contributed by atoms with Crippen molar-refractivity contribution in [3.8, 4) is 0 Å². The third-order valence-corrected chi connectivity index (χ3v) is 1.47. The predicted molar refractivity (Wildman–Crippen MR) is 81.4 cm³/mol. The Bertz CT molecular complexity index is 123. The number of Topliss-reactive ketones (excluding diaryl/α,β-unsaturated/α-hetero) is 2. The van der Waals surface area contributed by atoms with Gasteiger partial charge in [-0.2, -0.15) is 54.0 Å². The molecule has 0 aliphatic carbocycles. The maximum Gasteiger partial charge on any atom is 0.133 e. The molecule has 0 aromatic heterocycles. The highest BCUT2D eigenvalue weighted by molar-refractivity contribution is 7.59. The zero-order chi connectivity index (χ0) is 7.98. The number of hydrogen-bond acceptors (Lipinski definition) is 2. The summed E-state index contributed by atoms with van der Waals surface area (Å²) >= 11 is 0. The monoisotopic (exact) mass is 278 g/mol. The molecule has 0 heterocycles. The largest absolute Gasteiger partial charge is 0.300 e. The molecule has 2 nitrogen and oxygen atoms in total. The molecule has 0 amide bonds. The third kappa shape index (κ3) is 18.5. The van der Waals surface area contributed by atoms with E-state index in [0.717, 1.165) is 0 Å². The van der Waals surface area contributed by atoms with E-state index in [2.05, 4.69) is 0 Å². The van der Waals surface area contributed by atoms with Crippen LogP contribution in [0.1, 0.15) is 39.5 Å². The van der Waals surface area contributed by atoms with E-state index in [1.165, 1.54) is 0 Å². The van der Waals surface area contributed by atoms with Crippen molar-refractivity contribution in [2.24, 2.45) is 0 Å². The van der Waals surface area contributed by atoms with Gasteiger partial charge in [-0.05, 0) is 0 Å². The zero-order valence-corrected chi connectivity index (χ0v) is 12.6. The fraction of sp³-hybridized carbons (Fsp3) is 0.750. The molecular formula is C8H22O2S4. The molecule has 0 aliphatic heterocycles. The first-order valence-corrected chi connectivity index (χ1v) is 3.74. The van der Waals surface area contributed by atoms with E-state index in [9.17, 15) is 9.59 Å². The Morgan fingerprint density at radius 1 is 0.714 bits per heavy atom. The second-order valence-electron chi connectivity index (χ2n) is 2.28. The van der Waals surface area contributed by atoms with Gasteiger partial charge in [0.2, 0.25) is 0 Å². The van der Waals surface area contributed by atoms with Gasteiger partial charge >= 0.3 is 0 Å². The first-order chi connectivity index (χ1) is 4.70. The summed E-state index contributed by atoms with van der Waals surface area (Å²) in [4.78, 5) is 21.4. The fourth-order valence-electron chi connectivity index (χ4n) is 0.632. The summed E-state index contributed by atoms with van der Waals surface area (Å²) in [5, 5.41) is 0. The lowest BCUT2D eigenvalue weighted by atomic mass is 10.1. The molecule has 0 aromatic rings. The highest BCUT2D eigenvalue weighted by Gasteiger charge is 2.01. The van der Waals surface area contributed by atoms with Crippen molar-refractivity contribution >= 4 is 65.5 Å². The molecule has 6 heteroatoms. The smallest absolute Gasteiger partial charge is 0.133 e. The van der Waals surface area contributed by atoms with Crippen molar-refractivity contribution in [1.29, 1.82) is 0 Å². The first-order valence-electron chi connectivity index (χ1n) is 3.74. The molecule has 0 saturated carbocycles. The Morgan fingerprint density at radius 3 is 1.07 bits per heavy atom. The first kappa shape index (κ1) is 29.3. The van der Waals surface area contributed by atoms with Crippen molar-refractivity contribution in [3.05, 3.63) is 0 Å². The van der Waals surface area contributed by atoms with Crippen molar-refractivity contribution in [2.45, 2.75) is 39.5 Å². The maximum absolute atomic E-state index is 10.7. The number of carbonyl (C=O) groups excluding carboxylic acids is 2. The quantitative estimate of drug-likeness (QED) is 0.772. The minimum atomic E-state index is 0. The van der Waals surface area contributed by atoms with Crippen LogP contribution in [0.3, 0.4) is 0 Å². The number of ketones is 2. The third-order valence-electron chi connectivity index (χ3n) is 1.47. The van der Waals surface area contributed by atoms with Gasteiger partial charge in [0.15, 0.2) is 0 Å². The van der Waals surface area contributed by atoms with Crippen LogP contribution in [-0.4, -0.2) is 11.6 Å². The van der Waals surface area contributed by atoms with E-state index in [-0.39, 0.29) is 65.5 Å². The molecule has 0 bridgehead atoms. The Morgan fingerprint density at radius 2 is 0.929 bits per heavy atom. The molecule has 0 saturated heterocycles. The van der Waals surface area contributed by atoms with Crippen LogP contribution < -0.4 is 0 Å². The van der Waals surface area contributed by atoms with Crippen LogP contribution >= 0.6 is 54.0 Å². The SMILES string of the molecule is CCC(=O)CCC(=O)CC.S.S.S.S. The topological polar surface area (TPSA) is 34.1 Å². The fourth-order valence-corrected chi connectivity index (χ4v) is 0.632. The average molecular weight is 279 g/mol. The van der Waals surface area contributed by atoms with Gasteiger partial charge in [-0.3, -0.25) is 9.59 Å². The molecule has 0 unspecified atom stereocenters. The number of hydrogen-bond donors (Lipinski definition) is 0. The van der Waals surface area contributed by atoms with E-state index in [1.807, 2.05) is 13.8 Å². The second-order valence-corrected chi connectivity index (χ2v) is 2.28. The maximum atomic E-state index is 10.7. The van der Waals surface area contributed by atoms with Crippen molar-refractivity contribution in [1.82, 2.24) is 0 Å².